The quantitative estimate of drug-likeness (QED) is 0.209. The summed E-state index contributed by atoms with van der Waals surface area (Å²) in [6.45, 7) is 9.90. The molecule has 0 aliphatic heterocycles. The Morgan fingerprint density at radius 2 is 1.74 bits per heavy atom. The molecule has 3 aromatic rings. The van der Waals surface area contributed by atoms with Crippen LogP contribution in [-0.4, -0.2) is 19.9 Å². The molecule has 0 heterocycles. The molecule has 0 spiro atoms. The number of benzene rings is 3. The van der Waals surface area contributed by atoms with Crippen LogP contribution in [0.1, 0.15) is 49.8 Å². The van der Waals surface area contributed by atoms with Crippen LogP contribution in [0.2, 0.25) is 0 Å². The molecule has 0 saturated heterocycles. The van der Waals surface area contributed by atoms with Crippen LogP contribution in [0.4, 0.5) is 11.4 Å². The minimum atomic E-state index is 0.409. The molecule has 0 amide bonds. The Labute approximate surface area is 217 Å². The number of nitrogens with one attached hydrogen (secondary N) is 1. The molecule has 3 aromatic carbocycles. The van der Waals surface area contributed by atoms with E-state index in [0.29, 0.717) is 18.2 Å². The van der Waals surface area contributed by atoms with E-state index in [9.17, 15) is 0 Å². The highest BCUT2D eigenvalue weighted by atomic mass is 79.9. The molecule has 4 nitrogen and oxygen atoms in total. The lowest BCUT2D eigenvalue weighted by atomic mass is 10.0. The summed E-state index contributed by atoms with van der Waals surface area (Å²) < 4.78 is 12.3. The van der Waals surface area contributed by atoms with Crippen molar-refractivity contribution in [1.82, 2.24) is 0 Å². The maximum Gasteiger partial charge on any atom is 0.144 e. The Morgan fingerprint density at radius 3 is 2.32 bits per heavy atom. The zero-order chi connectivity index (χ0) is 25.1. The van der Waals surface area contributed by atoms with Gasteiger partial charge >= 0.3 is 0 Å². The van der Waals surface area contributed by atoms with Gasteiger partial charge in [0.05, 0.1) is 12.8 Å². The fourth-order valence-corrected chi connectivity index (χ4v) is 4.22. The molecule has 0 aromatic heterocycles. The van der Waals surface area contributed by atoms with Crippen molar-refractivity contribution in [2.45, 2.75) is 51.5 Å². The van der Waals surface area contributed by atoms with Gasteiger partial charge in [-0.2, -0.15) is 0 Å². The van der Waals surface area contributed by atoms with E-state index >= 15 is 0 Å². The van der Waals surface area contributed by atoms with Gasteiger partial charge in [-0.15, -0.1) is 11.8 Å². The summed E-state index contributed by atoms with van der Waals surface area (Å²) in [4.78, 5) is 1.11. The second-order valence-electron chi connectivity index (χ2n) is 8.27. The van der Waals surface area contributed by atoms with E-state index in [2.05, 4.69) is 73.2 Å². The molecule has 0 radical (unpaired) electrons. The third-order valence-electron chi connectivity index (χ3n) is 5.31. The van der Waals surface area contributed by atoms with E-state index in [4.69, 9.17) is 15.2 Å². The molecular weight excluding hydrogens is 508 g/mol. The van der Waals surface area contributed by atoms with Crippen LogP contribution in [0.15, 0.2) is 64.0 Å². The summed E-state index contributed by atoms with van der Waals surface area (Å²) in [6.07, 6.45) is 3.05. The van der Waals surface area contributed by atoms with Crippen LogP contribution < -0.4 is 20.5 Å². The Hall–Kier alpha value is -2.31. The highest BCUT2D eigenvalue weighted by molar-refractivity contribution is 9.10. The normalized spacial score (nSPS) is 10.5. The number of nitrogen functional groups attached to an aromatic ring is 1. The summed E-state index contributed by atoms with van der Waals surface area (Å²) in [5.41, 5.74) is 11.4. The van der Waals surface area contributed by atoms with E-state index in [-0.39, 0.29) is 0 Å². The molecule has 0 fully saturated rings. The average molecular weight is 546 g/mol. The van der Waals surface area contributed by atoms with E-state index in [1.807, 2.05) is 36.6 Å². The SMILES string of the molecule is CCCNc1c(OC)cc(COc2ccccc2SC)c(Br)c1N.Cc1ccc(C(C)C)cc1. The molecule has 0 bridgehead atoms. The highest BCUT2D eigenvalue weighted by Crippen LogP contribution is 2.40. The van der Waals surface area contributed by atoms with Crippen LogP contribution in [0.5, 0.6) is 11.5 Å². The van der Waals surface area contributed by atoms with E-state index in [1.165, 1.54) is 11.1 Å². The third-order valence-corrected chi connectivity index (χ3v) is 7.02. The first-order valence-electron chi connectivity index (χ1n) is 11.5. The molecule has 3 N–H and O–H groups in total. The van der Waals surface area contributed by atoms with Crippen LogP contribution in [-0.2, 0) is 6.61 Å². The maximum absolute atomic E-state index is 6.28. The molecule has 184 valence electrons. The summed E-state index contributed by atoms with van der Waals surface area (Å²) in [6, 6.07) is 18.7. The number of aryl methyl sites for hydroxylation is 1. The van der Waals surface area contributed by atoms with Gasteiger partial charge in [-0.25, -0.2) is 0 Å². The van der Waals surface area contributed by atoms with Gasteiger partial charge in [0.2, 0.25) is 0 Å². The fourth-order valence-electron chi connectivity index (χ4n) is 3.25. The van der Waals surface area contributed by atoms with Crippen molar-refractivity contribution in [1.29, 1.82) is 0 Å². The maximum atomic E-state index is 6.28. The number of rotatable bonds is 9. The van der Waals surface area contributed by atoms with Gasteiger partial charge in [0.15, 0.2) is 0 Å². The van der Waals surface area contributed by atoms with Crippen LogP contribution in [0.25, 0.3) is 0 Å². The highest BCUT2D eigenvalue weighted by Gasteiger charge is 2.16. The largest absolute Gasteiger partial charge is 0.494 e. The van der Waals surface area contributed by atoms with Gasteiger partial charge in [-0.3, -0.25) is 0 Å². The summed E-state index contributed by atoms with van der Waals surface area (Å²) >= 11 is 5.25. The van der Waals surface area contributed by atoms with Crippen molar-refractivity contribution < 1.29 is 9.47 Å². The van der Waals surface area contributed by atoms with E-state index in [1.54, 1.807) is 18.9 Å². The second-order valence-corrected chi connectivity index (χ2v) is 9.91. The van der Waals surface area contributed by atoms with Crippen molar-refractivity contribution >= 4 is 39.1 Å². The predicted octanol–water partition coefficient (Wildman–Crippen LogP) is 8.28. The third kappa shape index (κ3) is 7.88. The first-order valence-corrected chi connectivity index (χ1v) is 13.5. The number of hydrogen-bond donors (Lipinski definition) is 2. The topological polar surface area (TPSA) is 56.5 Å². The standard InChI is InChI=1S/C18H23BrN2O2S.C10H14/c1-4-9-21-18-14(22-2)10-12(16(19)17(18)20)11-23-13-7-5-6-8-15(13)24-3;1-8(2)10-6-4-9(3)5-7-10/h5-8,10,21H,4,9,11,20H2,1-3H3;4-8H,1-3H3. The minimum Gasteiger partial charge on any atom is -0.494 e. The van der Waals surface area contributed by atoms with Crippen molar-refractivity contribution in [3.63, 3.8) is 0 Å². The van der Waals surface area contributed by atoms with E-state index < -0.39 is 0 Å². The average Bonchev–Trinajstić information content (AvgIpc) is 2.85. The Morgan fingerprint density at radius 1 is 1.06 bits per heavy atom. The second kappa shape index (κ2) is 14.2. The summed E-state index contributed by atoms with van der Waals surface area (Å²) in [5.74, 6) is 2.24. The minimum absolute atomic E-state index is 0.409. The Kier molecular flexibility index (Phi) is 11.6. The molecule has 34 heavy (non-hydrogen) atoms. The molecule has 6 heteroatoms. The number of hydrogen-bond acceptors (Lipinski definition) is 5. The van der Waals surface area contributed by atoms with Crippen LogP contribution in [0.3, 0.4) is 0 Å². The molecule has 0 aliphatic rings. The Bertz CT molecular complexity index is 1040. The predicted molar refractivity (Wildman–Crippen MR) is 152 cm³/mol. The number of methoxy groups -OCH3 is 1. The molecule has 0 aliphatic carbocycles. The Balaban J connectivity index is 0.000000340. The van der Waals surface area contributed by atoms with Gasteiger partial charge in [-0.1, -0.05) is 62.7 Å². The number of thioether (sulfide) groups is 1. The molecular formula is C28H37BrN2O2S. The molecule has 3 rings (SSSR count). The zero-order valence-electron chi connectivity index (χ0n) is 21.1. The van der Waals surface area contributed by atoms with Gasteiger partial charge in [0, 0.05) is 21.5 Å². The molecule has 0 saturated carbocycles. The monoisotopic (exact) mass is 544 g/mol. The number of para-hydroxylation sites is 1. The lowest BCUT2D eigenvalue weighted by Gasteiger charge is -2.18. The smallest absolute Gasteiger partial charge is 0.144 e. The van der Waals surface area contributed by atoms with Gasteiger partial charge in [0.1, 0.15) is 23.8 Å². The number of ether oxygens (including phenoxy) is 2. The lowest BCUT2D eigenvalue weighted by molar-refractivity contribution is 0.297. The van der Waals surface area contributed by atoms with Crippen LogP contribution >= 0.6 is 27.7 Å². The van der Waals surface area contributed by atoms with Gasteiger partial charge < -0.3 is 20.5 Å². The van der Waals surface area contributed by atoms with Crippen molar-refractivity contribution in [2.24, 2.45) is 0 Å². The molecule has 0 unspecified atom stereocenters. The lowest BCUT2D eigenvalue weighted by Crippen LogP contribution is -2.08. The van der Waals surface area contributed by atoms with Gasteiger partial charge in [-0.05, 0) is 65.2 Å². The number of anilines is 2. The first kappa shape index (κ1) is 27.9. The van der Waals surface area contributed by atoms with Crippen LogP contribution in [0, 0.1) is 6.92 Å². The summed E-state index contributed by atoms with van der Waals surface area (Å²) in [7, 11) is 1.65. The fraction of sp³-hybridized carbons (Fsp3) is 0.357. The van der Waals surface area contributed by atoms with Crippen molar-refractivity contribution in [2.75, 3.05) is 31.0 Å². The number of nitrogens with two attached hydrogens (primary N) is 1. The first-order chi connectivity index (χ1) is 16.3. The molecule has 0 atom stereocenters. The van der Waals surface area contributed by atoms with Crippen molar-refractivity contribution in [3.8, 4) is 11.5 Å². The van der Waals surface area contributed by atoms with Crippen molar-refractivity contribution in [3.05, 3.63) is 75.8 Å². The van der Waals surface area contributed by atoms with Gasteiger partial charge in [0.25, 0.3) is 0 Å². The number of halogens is 1. The van der Waals surface area contributed by atoms with E-state index in [0.717, 1.165) is 45.1 Å². The summed E-state index contributed by atoms with van der Waals surface area (Å²) in [5, 5.41) is 3.32. The zero-order valence-corrected chi connectivity index (χ0v) is 23.5.